The lowest BCUT2D eigenvalue weighted by Gasteiger charge is -2.33. The lowest BCUT2D eigenvalue weighted by molar-refractivity contribution is -0.211. The fourth-order valence-corrected chi connectivity index (χ4v) is 4.84. The highest BCUT2D eigenvalue weighted by molar-refractivity contribution is 5.91. The molecule has 47 heavy (non-hydrogen) atoms. The van der Waals surface area contributed by atoms with Crippen LogP contribution in [0.1, 0.15) is 48.4 Å². The molecule has 1 unspecified atom stereocenters. The number of esters is 5. The van der Waals surface area contributed by atoms with Gasteiger partial charge < -0.3 is 28.4 Å². The molecule has 0 aromatic heterocycles. The maximum atomic E-state index is 13.5. The van der Waals surface area contributed by atoms with E-state index in [1.165, 1.54) is 48.5 Å². The smallest absolute Gasteiger partial charge is 0.338 e. The molecule has 5 rings (SSSR count). The van der Waals surface area contributed by atoms with Gasteiger partial charge in [-0.25, -0.2) is 19.2 Å². The molecule has 11 heteroatoms. The molecule has 1 heterocycles. The number of ether oxygens (including phenoxy) is 6. The summed E-state index contributed by atoms with van der Waals surface area (Å²) in [5.41, 5.74) is -1.35. The molecule has 0 spiro atoms. The Labute approximate surface area is 269 Å². The fraction of sp³-hybridized carbons (Fsp3) is 0.194. The van der Waals surface area contributed by atoms with Crippen molar-refractivity contribution in [1.82, 2.24) is 0 Å². The van der Waals surface area contributed by atoms with Crippen LogP contribution in [-0.4, -0.2) is 67.2 Å². The van der Waals surface area contributed by atoms with E-state index >= 15 is 0 Å². The Morgan fingerprint density at radius 1 is 0.532 bits per heavy atom. The van der Waals surface area contributed by atoms with Crippen LogP contribution < -0.4 is 0 Å². The van der Waals surface area contributed by atoms with Crippen LogP contribution in [0, 0.1) is 0 Å². The van der Waals surface area contributed by atoms with E-state index in [-0.39, 0.29) is 22.3 Å². The Hall–Kier alpha value is -5.81. The van der Waals surface area contributed by atoms with E-state index < -0.39 is 67.2 Å². The minimum absolute atomic E-state index is 0.132. The molecular formula is C36H30O11. The molecule has 0 bridgehead atoms. The zero-order valence-electron chi connectivity index (χ0n) is 25.2. The predicted octanol–water partition coefficient (Wildman–Crippen LogP) is 4.81. The van der Waals surface area contributed by atoms with Gasteiger partial charge in [-0.3, -0.25) is 4.79 Å². The van der Waals surface area contributed by atoms with Crippen LogP contribution >= 0.6 is 0 Å². The summed E-state index contributed by atoms with van der Waals surface area (Å²) in [5.74, 6) is -4.08. The summed E-state index contributed by atoms with van der Waals surface area (Å²) >= 11 is 0. The Balaban J connectivity index is 1.55. The minimum atomic E-state index is -2.03. The summed E-state index contributed by atoms with van der Waals surface area (Å²) in [5, 5.41) is 0. The normalized spacial score (nSPS) is 17.9. The van der Waals surface area contributed by atoms with E-state index in [1.807, 2.05) is 0 Å². The highest BCUT2D eigenvalue weighted by Gasteiger charge is 2.62. The van der Waals surface area contributed by atoms with Crippen LogP contribution in [0.15, 0.2) is 121 Å². The maximum Gasteiger partial charge on any atom is 0.338 e. The minimum Gasteiger partial charge on any atom is -0.459 e. The van der Waals surface area contributed by atoms with Crippen LogP contribution in [0.5, 0.6) is 0 Å². The third-order valence-electron chi connectivity index (χ3n) is 7.13. The summed E-state index contributed by atoms with van der Waals surface area (Å²) in [4.78, 5) is 65.2. The highest BCUT2D eigenvalue weighted by atomic mass is 16.8. The third kappa shape index (κ3) is 8.08. The average Bonchev–Trinajstić information content (AvgIpc) is 3.37. The van der Waals surface area contributed by atoms with Crippen molar-refractivity contribution in [2.45, 2.75) is 31.0 Å². The van der Waals surface area contributed by atoms with Gasteiger partial charge in [0.2, 0.25) is 12.4 Å². The van der Waals surface area contributed by atoms with Gasteiger partial charge in [-0.2, -0.15) is 0 Å². The molecule has 11 nitrogen and oxygen atoms in total. The highest BCUT2D eigenvalue weighted by Crippen LogP contribution is 2.38. The Kier molecular flexibility index (Phi) is 10.4. The molecule has 0 radical (unpaired) electrons. The van der Waals surface area contributed by atoms with E-state index in [0.717, 1.165) is 6.92 Å². The predicted molar refractivity (Wildman–Crippen MR) is 164 cm³/mol. The molecule has 0 amide bonds. The van der Waals surface area contributed by atoms with Gasteiger partial charge in [0.25, 0.3) is 0 Å². The number of hydrogen-bond donors (Lipinski definition) is 0. The van der Waals surface area contributed by atoms with Crippen LogP contribution in [0.4, 0.5) is 0 Å². The van der Waals surface area contributed by atoms with Crippen LogP contribution in [-0.2, 0) is 33.2 Å². The molecule has 240 valence electrons. The van der Waals surface area contributed by atoms with Gasteiger partial charge in [0.05, 0.1) is 22.3 Å². The quantitative estimate of drug-likeness (QED) is 0.165. The van der Waals surface area contributed by atoms with Gasteiger partial charge in [0.15, 0.2) is 11.7 Å². The number of benzene rings is 4. The van der Waals surface area contributed by atoms with Gasteiger partial charge in [-0.1, -0.05) is 72.8 Å². The Morgan fingerprint density at radius 2 is 0.894 bits per heavy atom. The van der Waals surface area contributed by atoms with Crippen molar-refractivity contribution in [3.63, 3.8) is 0 Å². The lowest BCUT2D eigenvalue weighted by atomic mass is 9.96. The molecule has 1 aliphatic heterocycles. The third-order valence-corrected chi connectivity index (χ3v) is 7.13. The van der Waals surface area contributed by atoms with Gasteiger partial charge in [0, 0.05) is 6.92 Å². The van der Waals surface area contributed by atoms with Gasteiger partial charge in [0.1, 0.15) is 13.2 Å². The summed E-state index contributed by atoms with van der Waals surface area (Å²) in [6.45, 7) is -0.241. The van der Waals surface area contributed by atoms with E-state index in [4.69, 9.17) is 28.4 Å². The summed E-state index contributed by atoms with van der Waals surface area (Å²) in [6.07, 6.45) is -4.89. The molecule has 4 aromatic carbocycles. The zero-order chi connectivity index (χ0) is 33.2. The van der Waals surface area contributed by atoms with Gasteiger partial charge >= 0.3 is 29.8 Å². The topological polar surface area (TPSA) is 141 Å². The van der Waals surface area contributed by atoms with E-state index in [1.54, 1.807) is 72.8 Å². The first-order chi connectivity index (χ1) is 22.8. The standard InChI is InChI=1S/C36H30O11/c1-24(37)44-35-29(45-33(40)27-18-10-4-11-19-27)30(46-34(41)28-20-12-5-13-21-28)36(47-35,22-42-31(38)25-14-6-2-7-15-25)23-43-32(39)26-16-8-3-9-17-26/h2-21,29-30,35H,22-23H2,1H3/t29-,30+,35?/m1/s1. The molecule has 1 fully saturated rings. The lowest BCUT2D eigenvalue weighted by Crippen LogP contribution is -2.54. The average molecular weight is 639 g/mol. The number of hydrogen-bond acceptors (Lipinski definition) is 11. The van der Waals surface area contributed by atoms with Crippen molar-refractivity contribution >= 4 is 29.8 Å². The molecule has 0 aliphatic carbocycles. The number of rotatable bonds is 11. The van der Waals surface area contributed by atoms with Crippen molar-refractivity contribution in [3.05, 3.63) is 144 Å². The first-order valence-corrected chi connectivity index (χ1v) is 14.6. The van der Waals surface area contributed by atoms with Crippen molar-refractivity contribution in [2.75, 3.05) is 13.2 Å². The van der Waals surface area contributed by atoms with Crippen LogP contribution in [0.3, 0.4) is 0 Å². The van der Waals surface area contributed by atoms with Crippen molar-refractivity contribution < 1.29 is 52.4 Å². The molecular weight excluding hydrogens is 608 g/mol. The Morgan fingerprint density at radius 3 is 1.28 bits per heavy atom. The first-order valence-electron chi connectivity index (χ1n) is 14.6. The zero-order valence-corrected chi connectivity index (χ0v) is 25.2. The van der Waals surface area contributed by atoms with E-state index in [2.05, 4.69) is 0 Å². The fourth-order valence-electron chi connectivity index (χ4n) is 4.84. The SMILES string of the molecule is CC(=O)OC1OC(COC(=O)c2ccccc2)(COC(=O)c2ccccc2)[C@@H](OC(=O)c2ccccc2)[C@H]1OC(=O)c1ccccc1. The summed E-state index contributed by atoms with van der Waals surface area (Å²) in [7, 11) is 0. The Bertz CT molecular complexity index is 1640. The molecule has 0 N–H and O–H groups in total. The monoisotopic (exact) mass is 638 g/mol. The summed E-state index contributed by atoms with van der Waals surface area (Å²) in [6, 6.07) is 32.0. The molecule has 1 saturated heterocycles. The second-order valence-electron chi connectivity index (χ2n) is 10.5. The number of carbonyl (C=O) groups is 5. The van der Waals surface area contributed by atoms with Gasteiger partial charge in [-0.15, -0.1) is 0 Å². The first kappa shape index (κ1) is 32.6. The van der Waals surface area contributed by atoms with Crippen LogP contribution in [0.25, 0.3) is 0 Å². The van der Waals surface area contributed by atoms with E-state index in [9.17, 15) is 24.0 Å². The second-order valence-corrected chi connectivity index (χ2v) is 10.5. The van der Waals surface area contributed by atoms with Crippen molar-refractivity contribution in [1.29, 1.82) is 0 Å². The number of carbonyl (C=O) groups excluding carboxylic acids is 5. The molecule has 4 aromatic rings. The van der Waals surface area contributed by atoms with Crippen molar-refractivity contribution in [3.8, 4) is 0 Å². The molecule has 0 saturated carbocycles. The van der Waals surface area contributed by atoms with Gasteiger partial charge in [-0.05, 0) is 48.5 Å². The molecule has 3 atom stereocenters. The summed E-state index contributed by atoms with van der Waals surface area (Å²) < 4.78 is 34.6. The maximum absolute atomic E-state index is 13.5. The largest absolute Gasteiger partial charge is 0.459 e. The van der Waals surface area contributed by atoms with Crippen molar-refractivity contribution in [2.24, 2.45) is 0 Å². The van der Waals surface area contributed by atoms with E-state index in [0.29, 0.717) is 0 Å². The molecule has 1 aliphatic rings. The van der Waals surface area contributed by atoms with Crippen LogP contribution in [0.2, 0.25) is 0 Å². The second kappa shape index (κ2) is 15.0.